The van der Waals surface area contributed by atoms with E-state index in [1.807, 2.05) is 36.4 Å². The number of hydrogen-bond acceptors (Lipinski definition) is 4. The molecule has 0 saturated heterocycles. The fraction of sp³-hybridized carbons (Fsp3) is 0.100. The number of rotatable bonds is 2. The molecule has 3 N–H and O–H groups in total. The van der Waals surface area contributed by atoms with Crippen molar-refractivity contribution in [2.45, 2.75) is 6.42 Å². The number of nitrogens with two attached hydrogens (primary N) is 1. The first kappa shape index (κ1) is 15.2. The molecule has 0 fully saturated rings. The van der Waals surface area contributed by atoms with Gasteiger partial charge in [0.15, 0.2) is 0 Å². The average molecular weight is 362 g/mol. The third-order valence-electron chi connectivity index (χ3n) is 4.82. The Morgan fingerprint density at radius 3 is 2.73 bits per heavy atom. The van der Waals surface area contributed by atoms with Crippen LogP contribution in [0.25, 0.3) is 22.3 Å². The summed E-state index contributed by atoms with van der Waals surface area (Å²) in [4.78, 5) is 14.6. The number of nitrogens with zero attached hydrogens (tertiary/aromatic N) is 3. The molecule has 0 aliphatic carbocycles. The van der Waals surface area contributed by atoms with Crippen molar-refractivity contribution in [2.75, 3.05) is 17.2 Å². The standard InChI is InChI=1S/C20H16ClN5/c21-14-4-1-13-7-8-26(18(13)9-14)20-16-10-17(25-19(16)23-11-24-20)12-2-5-15(22)6-3-12/h1-6,9-11H,7-8,22H2,(H,23,24,25). The Labute approximate surface area is 155 Å². The second kappa shape index (κ2) is 5.75. The first-order valence-corrected chi connectivity index (χ1v) is 8.82. The van der Waals surface area contributed by atoms with Crippen LogP contribution >= 0.6 is 11.6 Å². The molecule has 1 aliphatic rings. The number of benzene rings is 2. The molecule has 1 aliphatic heterocycles. The van der Waals surface area contributed by atoms with Crippen LogP contribution in [0.3, 0.4) is 0 Å². The lowest BCUT2D eigenvalue weighted by atomic mass is 10.1. The molecule has 0 amide bonds. The summed E-state index contributed by atoms with van der Waals surface area (Å²) >= 11 is 6.22. The molecule has 26 heavy (non-hydrogen) atoms. The van der Waals surface area contributed by atoms with Gasteiger partial charge in [-0.3, -0.25) is 0 Å². The highest BCUT2D eigenvalue weighted by molar-refractivity contribution is 6.31. The smallest absolute Gasteiger partial charge is 0.145 e. The quantitative estimate of drug-likeness (QED) is 0.514. The van der Waals surface area contributed by atoms with E-state index in [2.05, 4.69) is 32.0 Å². The van der Waals surface area contributed by atoms with Crippen LogP contribution < -0.4 is 10.6 Å². The number of fused-ring (bicyclic) bond motifs is 2. The van der Waals surface area contributed by atoms with Crippen LogP contribution in [0.15, 0.2) is 54.9 Å². The number of aromatic amines is 1. The fourth-order valence-corrected chi connectivity index (χ4v) is 3.70. The number of anilines is 3. The predicted molar refractivity (Wildman–Crippen MR) is 106 cm³/mol. The van der Waals surface area contributed by atoms with Crippen molar-refractivity contribution < 1.29 is 0 Å². The summed E-state index contributed by atoms with van der Waals surface area (Å²) in [6.07, 6.45) is 2.58. The maximum atomic E-state index is 6.22. The van der Waals surface area contributed by atoms with E-state index in [1.54, 1.807) is 6.33 Å². The Kier molecular flexibility index (Phi) is 3.36. The van der Waals surface area contributed by atoms with Crippen LogP contribution in [0.1, 0.15) is 5.56 Å². The van der Waals surface area contributed by atoms with Gasteiger partial charge in [0, 0.05) is 28.6 Å². The van der Waals surface area contributed by atoms with Gasteiger partial charge in [-0.1, -0.05) is 29.8 Å². The lowest BCUT2D eigenvalue weighted by molar-refractivity contribution is 0.974. The van der Waals surface area contributed by atoms with Crippen LogP contribution in [0.2, 0.25) is 5.02 Å². The van der Waals surface area contributed by atoms with E-state index in [1.165, 1.54) is 5.56 Å². The summed E-state index contributed by atoms with van der Waals surface area (Å²) in [5.41, 5.74) is 11.8. The van der Waals surface area contributed by atoms with Gasteiger partial charge in [-0.25, -0.2) is 9.97 Å². The van der Waals surface area contributed by atoms with Gasteiger partial charge in [0.1, 0.15) is 17.8 Å². The lowest BCUT2D eigenvalue weighted by Crippen LogP contribution is -2.15. The molecule has 5 rings (SSSR count). The summed E-state index contributed by atoms with van der Waals surface area (Å²) in [6, 6.07) is 15.9. The Bertz CT molecular complexity index is 1120. The fourth-order valence-electron chi connectivity index (χ4n) is 3.53. The first-order chi connectivity index (χ1) is 12.7. The van der Waals surface area contributed by atoms with E-state index >= 15 is 0 Å². The van der Waals surface area contributed by atoms with Gasteiger partial charge in [0.25, 0.3) is 0 Å². The number of nitrogen functional groups attached to an aromatic ring is 1. The predicted octanol–water partition coefficient (Wildman–Crippen LogP) is 4.55. The van der Waals surface area contributed by atoms with Crippen LogP contribution in [0, 0.1) is 0 Å². The van der Waals surface area contributed by atoms with Crippen LogP contribution in [-0.4, -0.2) is 21.5 Å². The monoisotopic (exact) mass is 361 g/mol. The molecular weight excluding hydrogens is 346 g/mol. The molecule has 5 nitrogen and oxygen atoms in total. The molecule has 0 unspecified atom stereocenters. The lowest BCUT2D eigenvalue weighted by Gasteiger charge is -2.19. The SMILES string of the molecule is Nc1ccc(-c2cc3c(N4CCc5ccc(Cl)cc54)ncnc3[nH]2)cc1. The second-order valence-corrected chi connectivity index (χ2v) is 6.88. The number of nitrogens with one attached hydrogen (secondary N) is 1. The molecule has 4 aromatic rings. The third kappa shape index (κ3) is 2.40. The Morgan fingerprint density at radius 2 is 1.88 bits per heavy atom. The molecular formula is C20H16ClN5. The van der Waals surface area contributed by atoms with Gasteiger partial charge < -0.3 is 15.6 Å². The van der Waals surface area contributed by atoms with Crippen molar-refractivity contribution in [1.82, 2.24) is 15.0 Å². The number of aromatic nitrogens is 3. The molecule has 0 bridgehead atoms. The number of halogens is 1. The van der Waals surface area contributed by atoms with E-state index in [0.29, 0.717) is 0 Å². The normalized spacial score (nSPS) is 13.3. The van der Waals surface area contributed by atoms with Gasteiger partial charge in [0.05, 0.1) is 5.39 Å². The summed E-state index contributed by atoms with van der Waals surface area (Å²) in [6.45, 7) is 0.879. The average Bonchev–Trinajstić information content (AvgIpc) is 3.25. The molecule has 2 aromatic heterocycles. The molecule has 0 saturated carbocycles. The molecule has 3 heterocycles. The minimum atomic E-state index is 0.734. The zero-order chi connectivity index (χ0) is 17.7. The van der Waals surface area contributed by atoms with E-state index in [4.69, 9.17) is 17.3 Å². The Balaban J connectivity index is 1.64. The van der Waals surface area contributed by atoms with Crippen LogP contribution in [0.5, 0.6) is 0 Å². The largest absolute Gasteiger partial charge is 0.399 e. The highest BCUT2D eigenvalue weighted by atomic mass is 35.5. The summed E-state index contributed by atoms with van der Waals surface area (Å²) in [5, 5.41) is 1.73. The van der Waals surface area contributed by atoms with E-state index in [0.717, 1.165) is 57.5 Å². The highest BCUT2D eigenvalue weighted by Gasteiger charge is 2.24. The minimum Gasteiger partial charge on any atom is -0.399 e. The van der Waals surface area contributed by atoms with Gasteiger partial charge in [0.2, 0.25) is 0 Å². The molecule has 0 atom stereocenters. The van der Waals surface area contributed by atoms with E-state index in [9.17, 15) is 0 Å². The van der Waals surface area contributed by atoms with E-state index < -0.39 is 0 Å². The molecule has 0 spiro atoms. The van der Waals surface area contributed by atoms with Crippen molar-refractivity contribution >= 4 is 39.8 Å². The van der Waals surface area contributed by atoms with Gasteiger partial charge >= 0.3 is 0 Å². The topological polar surface area (TPSA) is 70.8 Å². The highest BCUT2D eigenvalue weighted by Crippen LogP contribution is 2.38. The first-order valence-electron chi connectivity index (χ1n) is 8.45. The van der Waals surface area contributed by atoms with E-state index in [-0.39, 0.29) is 0 Å². The second-order valence-electron chi connectivity index (χ2n) is 6.44. The van der Waals surface area contributed by atoms with Crippen molar-refractivity contribution in [3.63, 3.8) is 0 Å². The minimum absolute atomic E-state index is 0.734. The third-order valence-corrected chi connectivity index (χ3v) is 5.06. The van der Waals surface area contributed by atoms with Crippen molar-refractivity contribution in [1.29, 1.82) is 0 Å². The van der Waals surface area contributed by atoms with Crippen LogP contribution in [-0.2, 0) is 6.42 Å². The molecule has 0 radical (unpaired) electrons. The molecule has 2 aromatic carbocycles. The number of hydrogen-bond donors (Lipinski definition) is 2. The molecule has 128 valence electrons. The van der Waals surface area contributed by atoms with Gasteiger partial charge in [-0.05, 0) is 47.9 Å². The maximum Gasteiger partial charge on any atom is 0.145 e. The summed E-state index contributed by atoms with van der Waals surface area (Å²) in [5.74, 6) is 0.897. The molecule has 6 heteroatoms. The zero-order valence-corrected chi connectivity index (χ0v) is 14.7. The van der Waals surface area contributed by atoms with Crippen molar-refractivity contribution in [2.24, 2.45) is 0 Å². The maximum absolute atomic E-state index is 6.22. The van der Waals surface area contributed by atoms with Crippen molar-refractivity contribution in [3.05, 3.63) is 65.4 Å². The zero-order valence-electron chi connectivity index (χ0n) is 13.9. The number of H-pyrrole nitrogens is 1. The van der Waals surface area contributed by atoms with Gasteiger partial charge in [-0.2, -0.15) is 0 Å². The van der Waals surface area contributed by atoms with Gasteiger partial charge in [-0.15, -0.1) is 0 Å². The summed E-state index contributed by atoms with van der Waals surface area (Å²) < 4.78 is 0. The Morgan fingerprint density at radius 1 is 1.04 bits per heavy atom. The van der Waals surface area contributed by atoms with Crippen LogP contribution in [0.4, 0.5) is 17.2 Å². The Hall–Kier alpha value is -3.05. The summed E-state index contributed by atoms with van der Waals surface area (Å²) in [7, 11) is 0. The van der Waals surface area contributed by atoms with Crippen molar-refractivity contribution in [3.8, 4) is 11.3 Å².